The zero-order valence-corrected chi connectivity index (χ0v) is 16.8. The van der Waals surface area contributed by atoms with E-state index in [0.717, 1.165) is 14.3 Å². The summed E-state index contributed by atoms with van der Waals surface area (Å²) in [5.41, 5.74) is 0.709. The molecule has 0 bridgehead atoms. The van der Waals surface area contributed by atoms with E-state index in [1.54, 1.807) is 11.8 Å². The number of hydrogen-bond donors (Lipinski definition) is 2. The van der Waals surface area contributed by atoms with Crippen LogP contribution in [0.25, 0.3) is 0 Å². The molecule has 0 heterocycles. The Kier molecular flexibility index (Phi) is 7.08. The molecule has 0 saturated heterocycles. The smallest absolute Gasteiger partial charge is 0.247 e. The van der Waals surface area contributed by atoms with Crippen molar-refractivity contribution in [3.05, 3.63) is 53.0 Å². The van der Waals surface area contributed by atoms with Gasteiger partial charge in [-0.1, -0.05) is 41.5 Å². The molecule has 2 amide bonds. The van der Waals surface area contributed by atoms with Crippen molar-refractivity contribution in [1.29, 1.82) is 0 Å². The van der Waals surface area contributed by atoms with Gasteiger partial charge in [-0.05, 0) is 54.4 Å². The maximum Gasteiger partial charge on any atom is 0.247 e. The lowest BCUT2D eigenvalue weighted by Gasteiger charge is -2.21. The van der Waals surface area contributed by atoms with Crippen LogP contribution >= 0.6 is 27.7 Å². The van der Waals surface area contributed by atoms with Crippen molar-refractivity contribution >= 4 is 45.2 Å². The Labute approximate surface area is 160 Å². The summed E-state index contributed by atoms with van der Waals surface area (Å²) >= 11 is 5.08. The normalized spacial score (nSPS) is 11.9. The number of halogens is 1. The fourth-order valence-electron chi connectivity index (χ4n) is 2.22. The number of amides is 2. The number of benzene rings is 2. The molecule has 0 fully saturated rings. The van der Waals surface area contributed by atoms with Gasteiger partial charge in [0.15, 0.2) is 0 Å². The summed E-state index contributed by atoms with van der Waals surface area (Å²) in [6.07, 6.45) is 0. The summed E-state index contributed by atoms with van der Waals surface area (Å²) in [7, 11) is 0. The van der Waals surface area contributed by atoms with Crippen LogP contribution in [-0.2, 0) is 9.59 Å². The molecule has 2 N–H and O–H groups in total. The van der Waals surface area contributed by atoms with Crippen LogP contribution < -0.4 is 10.6 Å². The molecule has 0 saturated carbocycles. The lowest BCUT2D eigenvalue weighted by molar-refractivity contribution is -0.126. The highest BCUT2D eigenvalue weighted by Crippen LogP contribution is 2.29. The van der Waals surface area contributed by atoms with Gasteiger partial charge in [0, 0.05) is 26.9 Å². The van der Waals surface area contributed by atoms with Gasteiger partial charge in [0.25, 0.3) is 0 Å². The molecular weight excluding hydrogens is 400 g/mol. The van der Waals surface area contributed by atoms with Gasteiger partial charge >= 0.3 is 0 Å². The van der Waals surface area contributed by atoms with Gasteiger partial charge in [-0.2, -0.15) is 0 Å². The minimum atomic E-state index is -0.547. The number of hydrogen-bond acceptors (Lipinski definition) is 3. The van der Waals surface area contributed by atoms with E-state index in [9.17, 15) is 9.59 Å². The molecule has 25 heavy (non-hydrogen) atoms. The second-order valence-corrected chi connectivity index (χ2v) is 8.05. The highest BCUT2D eigenvalue weighted by Gasteiger charge is 2.22. The maximum absolute atomic E-state index is 12.4. The number of rotatable bonds is 6. The standard InChI is InChI=1S/C19H21BrN2O2S/c1-12(2)18(21-13(3)23)19(24)22-15-6-10-17(11-7-15)25-16-8-4-14(20)5-9-16/h4-12,18H,1-3H3,(H,21,23)(H,22,24)/t18-/m1/s1. The van der Waals surface area contributed by atoms with E-state index in [4.69, 9.17) is 0 Å². The number of carbonyl (C=O) groups is 2. The molecule has 0 aliphatic carbocycles. The molecule has 2 aromatic carbocycles. The molecule has 0 aliphatic heterocycles. The average Bonchev–Trinajstić information content (AvgIpc) is 2.56. The Bertz CT molecular complexity index is 730. The molecule has 0 radical (unpaired) electrons. The predicted molar refractivity (Wildman–Crippen MR) is 106 cm³/mol. The van der Waals surface area contributed by atoms with E-state index in [2.05, 4.69) is 26.6 Å². The predicted octanol–water partition coefficient (Wildman–Crippen LogP) is 4.70. The van der Waals surface area contributed by atoms with Gasteiger partial charge in [-0.3, -0.25) is 9.59 Å². The zero-order chi connectivity index (χ0) is 18.4. The molecule has 0 aromatic heterocycles. The van der Waals surface area contributed by atoms with E-state index in [-0.39, 0.29) is 17.7 Å². The zero-order valence-electron chi connectivity index (χ0n) is 14.4. The van der Waals surface area contributed by atoms with Crippen molar-refractivity contribution in [2.45, 2.75) is 36.6 Å². The highest BCUT2D eigenvalue weighted by molar-refractivity contribution is 9.10. The van der Waals surface area contributed by atoms with E-state index in [1.165, 1.54) is 6.92 Å². The quantitative estimate of drug-likeness (QED) is 0.711. The minimum absolute atomic E-state index is 0.0103. The molecular formula is C19H21BrN2O2S. The van der Waals surface area contributed by atoms with E-state index >= 15 is 0 Å². The number of nitrogens with one attached hydrogen (secondary N) is 2. The van der Waals surface area contributed by atoms with Crippen molar-refractivity contribution in [2.24, 2.45) is 5.92 Å². The molecule has 2 aromatic rings. The van der Waals surface area contributed by atoms with Gasteiger partial charge < -0.3 is 10.6 Å². The first-order valence-electron chi connectivity index (χ1n) is 7.96. The molecule has 0 spiro atoms. The molecule has 0 aliphatic rings. The highest BCUT2D eigenvalue weighted by atomic mass is 79.9. The van der Waals surface area contributed by atoms with Crippen LogP contribution in [-0.4, -0.2) is 17.9 Å². The third-order valence-corrected chi connectivity index (χ3v) is 5.02. The van der Waals surface area contributed by atoms with Gasteiger partial charge in [-0.25, -0.2) is 0 Å². The summed E-state index contributed by atoms with van der Waals surface area (Å²) in [5, 5.41) is 5.55. The van der Waals surface area contributed by atoms with Crippen molar-refractivity contribution in [2.75, 3.05) is 5.32 Å². The summed E-state index contributed by atoms with van der Waals surface area (Å²) < 4.78 is 1.05. The summed E-state index contributed by atoms with van der Waals surface area (Å²) in [6.45, 7) is 5.22. The van der Waals surface area contributed by atoms with Crippen molar-refractivity contribution < 1.29 is 9.59 Å². The minimum Gasteiger partial charge on any atom is -0.344 e. The fraction of sp³-hybridized carbons (Fsp3) is 0.263. The number of carbonyl (C=O) groups excluding carboxylic acids is 2. The lowest BCUT2D eigenvalue weighted by Crippen LogP contribution is -2.46. The average molecular weight is 421 g/mol. The molecule has 132 valence electrons. The molecule has 1 atom stereocenters. The van der Waals surface area contributed by atoms with Crippen molar-refractivity contribution in [1.82, 2.24) is 5.32 Å². The van der Waals surface area contributed by atoms with E-state index in [1.807, 2.05) is 62.4 Å². The van der Waals surface area contributed by atoms with Gasteiger partial charge in [0.05, 0.1) is 0 Å². The lowest BCUT2D eigenvalue weighted by atomic mass is 10.0. The fourth-order valence-corrected chi connectivity index (χ4v) is 3.30. The van der Waals surface area contributed by atoms with Crippen LogP contribution in [0.2, 0.25) is 0 Å². The second-order valence-electron chi connectivity index (χ2n) is 5.99. The summed E-state index contributed by atoms with van der Waals surface area (Å²) in [4.78, 5) is 25.8. The Balaban J connectivity index is 2.00. The van der Waals surface area contributed by atoms with E-state index in [0.29, 0.717) is 5.69 Å². The van der Waals surface area contributed by atoms with Gasteiger partial charge in [0.2, 0.25) is 11.8 Å². The number of anilines is 1. The largest absolute Gasteiger partial charge is 0.344 e. The Hall–Kier alpha value is -1.79. The first-order valence-corrected chi connectivity index (χ1v) is 9.57. The van der Waals surface area contributed by atoms with Crippen LogP contribution in [0, 0.1) is 5.92 Å². The van der Waals surface area contributed by atoms with Crippen LogP contribution in [0.1, 0.15) is 20.8 Å². The van der Waals surface area contributed by atoms with Gasteiger partial charge in [-0.15, -0.1) is 0 Å². The molecule has 0 unspecified atom stereocenters. The Morgan fingerprint density at radius 2 is 1.48 bits per heavy atom. The van der Waals surface area contributed by atoms with Crippen LogP contribution in [0.15, 0.2) is 62.8 Å². The van der Waals surface area contributed by atoms with Crippen molar-refractivity contribution in [3.63, 3.8) is 0 Å². The second kappa shape index (κ2) is 9.06. The molecule has 2 rings (SSSR count). The van der Waals surface area contributed by atoms with E-state index < -0.39 is 6.04 Å². The van der Waals surface area contributed by atoms with Crippen LogP contribution in [0.3, 0.4) is 0 Å². The third-order valence-electron chi connectivity index (χ3n) is 3.48. The Morgan fingerprint density at radius 1 is 0.960 bits per heavy atom. The molecule has 6 heteroatoms. The molecule has 4 nitrogen and oxygen atoms in total. The summed E-state index contributed by atoms with van der Waals surface area (Å²) in [5.74, 6) is -0.412. The topological polar surface area (TPSA) is 58.2 Å². The first-order chi connectivity index (χ1) is 11.8. The summed E-state index contributed by atoms with van der Waals surface area (Å²) in [6, 6.07) is 15.2. The maximum atomic E-state index is 12.4. The van der Waals surface area contributed by atoms with Gasteiger partial charge in [0.1, 0.15) is 6.04 Å². The monoisotopic (exact) mass is 420 g/mol. The first kappa shape index (κ1) is 19.5. The Morgan fingerprint density at radius 3 is 1.96 bits per heavy atom. The SMILES string of the molecule is CC(=O)N[C@@H](C(=O)Nc1ccc(Sc2ccc(Br)cc2)cc1)C(C)C. The third kappa shape index (κ3) is 6.21. The van der Waals surface area contributed by atoms with Crippen molar-refractivity contribution in [3.8, 4) is 0 Å². The van der Waals surface area contributed by atoms with Crippen LogP contribution in [0.4, 0.5) is 5.69 Å². The van der Waals surface area contributed by atoms with Crippen LogP contribution in [0.5, 0.6) is 0 Å².